The van der Waals surface area contributed by atoms with E-state index >= 15 is 0 Å². The van der Waals surface area contributed by atoms with Gasteiger partial charge in [0.15, 0.2) is 5.78 Å². The van der Waals surface area contributed by atoms with Gasteiger partial charge in [0.1, 0.15) is 18.1 Å². The highest BCUT2D eigenvalue weighted by Gasteiger charge is 2.76. The zero-order valence-corrected chi connectivity index (χ0v) is 19.1. The molecule has 0 aromatic heterocycles. The monoisotopic (exact) mass is 448 g/mol. The molecule has 4 aliphatic rings. The Labute approximate surface area is 187 Å². The molecule has 1 saturated heterocycles. The second-order valence-electron chi connectivity index (χ2n) is 10.7. The van der Waals surface area contributed by atoms with Gasteiger partial charge in [-0.15, -0.1) is 0 Å². The molecule has 32 heavy (non-hydrogen) atoms. The summed E-state index contributed by atoms with van der Waals surface area (Å²) < 4.78 is 17.0. The van der Waals surface area contributed by atoms with Gasteiger partial charge in [-0.05, 0) is 42.6 Å². The van der Waals surface area contributed by atoms with E-state index in [9.17, 15) is 24.3 Å². The zero-order chi connectivity index (χ0) is 23.6. The van der Waals surface area contributed by atoms with Crippen LogP contribution in [0, 0.1) is 34.0 Å². The third-order valence-corrected chi connectivity index (χ3v) is 8.60. The molecular formula is C24H32O8. The van der Waals surface area contributed by atoms with E-state index in [0.29, 0.717) is 24.8 Å². The molecule has 2 unspecified atom stereocenters. The molecule has 7 atom stereocenters. The van der Waals surface area contributed by atoms with Crippen LogP contribution in [0.15, 0.2) is 12.2 Å². The van der Waals surface area contributed by atoms with Crippen LogP contribution in [0.1, 0.15) is 53.4 Å². The molecule has 0 radical (unpaired) electrons. The molecule has 0 aromatic rings. The average Bonchev–Trinajstić information content (AvgIpc) is 2.88. The summed E-state index contributed by atoms with van der Waals surface area (Å²) in [5, 5.41) is 11.4. The minimum absolute atomic E-state index is 0.00944. The maximum absolute atomic E-state index is 13.5. The Kier molecular flexibility index (Phi) is 5.31. The maximum atomic E-state index is 13.5. The van der Waals surface area contributed by atoms with E-state index in [1.54, 1.807) is 0 Å². The maximum Gasteiger partial charge on any atom is 0.320 e. The van der Waals surface area contributed by atoms with Gasteiger partial charge in [0.05, 0.1) is 18.1 Å². The summed E-state index contributed by atoms with van der Waals surface area (Å²) >= 11 is 0. The van der Waals surface area contributed by atoms with E-state index in [-0.39, 0.29) is 31.3 Å². The van der Waals surface area contributed by atoms with Crippen LogP contribution in [0.25, 0.3) is 0 Å². The molecule has 4 fully saturated rings. The number of ether oxygens (including phenoxy) is 3. The molecule has 3 saturated carbocycles. The predicted molar refractivity (Wildman–Crippen MR) is 111 cm³/mol. The number of aliphatic hydroxyl groups is 1. The van der Waals surface area contributed by atoms with Crippen molar-refractivity contribution in [2.75, 3.05) is 13.2 Å². The molecule has 3 aliphatic carbocycles. The Hall–Kier alpha value is -2.22. The number of rotatable bonds is 3. The van der Waals surface area contributed by atoms with E-state index in [1.165, 1.54) is 13.8 Å². The van der Waals surface area contributed by atoms with Gasteiger partial charge in [0.2, 0.25) is 0 Å². The van der Waals surface area contributed by atoms with Crippen LogP contribution < -0.4 is 0 Å². The summed E-state index contributed by atoms with van der Waals surface area (Å²) in [5.41, 5.74) is -2.69. The number of ketones is 1. The van der Waals surface area contributed by atoms with Crippen molar-refractivity contribution >= 4 is 23.7 Å². The summed E-state index contributed by atoms with van der Waals surface area (Å²) in [6.45, 7) is 10.5. The van der Waals surface area contributed by atoms with Crippen molar-refractivity contribution in [2.45, 2.75) is 65.6 Å². The number of carbonyl (C=O) groups excluding carboxylic acids is 4. The van der Waals surface area contributed by atoms with E-state index in [2.05, 4.69) is 6.58 Å². The van der Waals surface area contributed by atoms with Gasteiger partial charge >= 0.3 is 17.9 Å². The number of aliphatic hydroxyl groups excluding tert-OH is 1. The van der Waals surface area contributed by atoms with Gasteiger partial charge in [-0.2, -0.15) is 0 Å². The minimum atomic E-state index is -1.56. The van der Waals surface area contributed by atoms with Crippen molar-refractivity contribution in [3.8, 4) is 0 Å². The quantitative estimate of drug-likeness (QED) is 0.302. The van der Waals surface area contributed by atoms with E-state index in [4.69, 9.17) is 14.2 Å². The summed E-state index contributed by atoms with van der Waals surface area (Å²) in [4.78, 5) is 50.5. The molecule has 2 spiro atoms. The molecule has 1 aliphatic heterocycles. The number of hydrogen-bond donors (Lipinski definition) is 1. The molecule has 0 amide bonds. The Balaban J connectivity index is 1.93. The molecule has 0 aromatic carbocycles. The van der Waals surface area contributed by atoms with Crippen LogP contribution in [-0.4, -0.2) is 54.2 Å². The van der Waals surface area contributed by atoms with Crippen molar-refractivity contribution in [3.05, 3.63) is 12.2 Å². The van der Waals surface area contributed by atoms with E-state index in [1.807, 2.05) is 13.8 Å². The summed E-state index contributed by atoms with van der Waals surface area (Å²) in [6, 6.07) is 0. The fraction of sp³-hybridized carbons (Fsp3) is 0.750. The molecule has 2 bridgehead atoms. The molecule has 1 heterocycles. The number of Topliss-reactive ketones (excluding diaryl/α,β-unsaturated/α-hetero) is 1. The standard InChI is InChI=1S/C24H32O8/c1-12-15-8-16(27)19-23(9-15,20(12)28)21(29)31-11-24(19)17(10-30-13(2)25)22(4,5)7-6-18(24)32-14(3)26/h15-19,27H,1,6-11H2,2-5H3/t15-,16-,17+,18-,19+,23?,24?/m0/s1. The molecule has 8 nitrogen and oxygen atoms in total. The average molecular weight is 449 g/mol. The first kappa shape index (κ1) is 23.0. The van der Waals surface area contributed by atoms with Crippen molar-refractivity contribution in [2.24, 2.45) is 34.0 Å². The number of hydrogen-bond acceptors (Lipinski definition) is 8. The summed E-state index contributed by atoms with van der Waals surface area (Å²) in [7, 11) is 0. The normalized spacial score (nSPS) is 42.3. The molecule has 8 heteroatoms. The SMILES string of the molecule is C=C1C(=O)C23C[C@@H]1C[C@H](O)[C@H]2C1(COC3=O)[C@@H](OC(C)=O)CCC(C)(C)[C@H]1COC(C)=O. The number of cyclic esters (lactones) is 1. The fourth-order valence-corrected chi connectivity index (χ4v) is 7.31. The van der Waals surface area contributed by atoms with Crippen molar-refractivity contribution < 1.29 is 38.5 Å². The topological polar surface area (TPSA) is 116 Å². The predicted octanol–water partition coefficient (Wildman–Crippen LogP) is 1.97. The Morgan fingerprint density at radius 3 is 2.53 bits per heavy atom. The lowest BCUT2D eigenvalue weighted by Gasteiger charge is -2.63. The highest BCUT2D eigenvalue weighted by atomic mass is 16.6. The lowest BCUT2D eigenvalue weighted by Crippen LogP contribution is -2.71. The first-order valence-corrected chi connectivity index (χ1v) is 11.3. The molecular weight excluding hydrogens is 416 g/mol. The third kappa shape index (κ3) is 2.98. The Bertz CT molecular complexity index is 890. The van der Waals surface area contributed by atoms with E-state index < -0.39 is 58.2 Å². The first-order valence-electron chi connectivity index (χ1n) is 11.3. The highest BCUT2D eigenvalue weighted by Crippen LogP contribution is 2.68. The van der Waals surface area contributed by atoms with Gasteiger partial charge in [0, 0.05) is 25.7 Å². The van der Waals surface area contributed by atoms with Gasteiger partial charge < -0.3 is 19.3 Å². The molecule has 4 rings (SSSR count). The first-order chi connectivity index (χ1) is 14.9. The van der Waals surface area contributed by atoms with Gasteiger partial charge in [0.25, 0.3) is 0 Å². The van der Waals surface area contributed by atoms with Crippen LogP contribution in [0.2, 0.25) is 0 Å². The number of allylic oxidation sites excluding steroid dienone is 1. The second-order valence-corrected chi connectivity index (χ2v) is 10.7. The largest absolute Gasteiger partial charge is 0.466 e. The second kappa shape index (κ2) is 7.40. The smallest absolute Gasteiger partial charge is 0.320 e. The lowest BCUT2D eigenvalue weighted by molar-refractivity contribution is -0.264. The Morgan fingerprint density at radius 2 is 1.91 bits per heavy atom. The van der Waals surface area contributed by atoms with Crippen molar-refractivity contribution in [1.29, 1.82) is 0 Å². The number of fused-ring (bicyclic) bond motifs is 2. The van der Waals surface area contributed by atoms with Gasteiger partial charge in [-0.25, -0.2) is 0 Å². The van der Waals surface area contributed by atoms with Gasteiger partial charge in [-0.3, -0.25) is 19.2 Å². The summed E-state index contributed by atoms with van der Waals surface area (Å²) in [6.07, 6.45) is 0.0116. The summed E-state index contributed by atoms with van der Waals surface area (Å²) in [5.74, 6) is -3.50. The Morgan fingerprint density at radius 1 is 1.22 bits per heavy atom. The van der Waals surface area contributed by atoms with Crippen molar-refractivity contribution in [1.82, 2.24) is 0 Å². The van der Waals surface area contributed by atoms with Crippen LogP contribution in [-0.2, 0) is 33.4 Å². The molecule has 176 valence electrons. The molecule has 1 N–H and O–H groups in total. The highest BCUT2D eigenvalue weighted by molar-refractivity contribution is 6.15. The van der Waals surface area contributed by atoms with Crippen molar-refractivity contribution in [3.63, 3.8) is 0 Å². The van der Waals surface area contributed by atoms with Crippen LogP contribution in [0.3, 0.4) is 0 Å². The van der Waals surface area contributed by atoms with Crippen LogP contribution in [0.4, 0.5) is 0 Å². The van der Waals surface area contributed by atoms with E-state index in [0.717, 1.165) is 0 Å². The zero-order valence-electron chi connectivity index (χ0n) is 19.1. The van der Waals surface area contributed by atoms with Crippen LogP contribution >= 0.6 is 0 Å². The minimum Gasteiger partial charge on any atom is -0.466 e. The van der Waals surface area contributed by atoms with Crippen LogP contribution in [0.5, 0.6) is 0 Å². The third-order valence-electron chi connectivity index (χ3n) is 8.60. The lowest BCUT2D eigenvalue weighted by atomic mass is 9.43. The fourth-order valence-electron chi connectivity index (χ4n) is 7.31. The van der Waals surface area contributed by atoms with Gasteiger partial charge in [-0.1, -0.05) is 20.4 Å². The number of carbonyl (C=O) groups is 4. The number of esters is 3.